The van der Waals surface area contributed by atoms with E-state index in [1.54, 1.807) is 6.92 Å². The van der Waals surface area contributed by atoms with Crippen LogP contribution < -0.4 is 5.32 Å². The smallest absolute Gasteiger partial charge is 0.311 e. The maximum atomic E-state index is 12.0. The summed E-state index contributed by atoms with van der Waals surface area (Å²) in [5.41, 5.74) is 3.23. The van der Waals surface area contributed by atoms with Crippen LogP contribution in [0.1, 0.15) is 43.5 Å². The lowest BCUT2D eigenvalue weighted by Crippen LogP contribution is -2.27. The molecule has 1 N–H and O–H groups in total. The van der Waals surface area contributed by atoms with Crippen LogP contribution in [0.25, 0.3) is 0 Å². The molecule has 5 nitrogen and oxygen atoms in total. The summed E-state index contributed by atoms with van der Waals surface area (Å²) in [6.45, 7) is 7.11. The van der Waals surface area contributed by atoms with Crippen molar-refractivity contribution in [3.8, 4) is 0 Å². The molecule has 0 aliphatic rings. The standard InChI is InChI=1S/C20H26N2O3S2/c1-4-25-19(24)11-17-12-26-20(22-17)27-13-18(23)21-10-9-15-5-7-16(8-6-15)14(2)3/h5-8,12,14H,4,9-11,13H2,1-3H3,(H,21,23). The molecule has 1 heterocycles. The molecule has 2 aromatic rings. The number of hydrogen-bond acceptors (Lipinski definition) is 6. The zero-order valence-electron chi connectivity index (χ0n) is 16.0. The van der Waals surface area contributed by atoms with Gasteiger partial charge in [-0.2, -0.15) is 0 Å². The molecule has 0 unspecified atom stereocenters. The van der Waals surface area contributed by atoms with Crippen LogP contribution in [-0.2, 0) is 27.2 Å². The van der Waals surface area contributed by atoms with E-state index in [2.05, 4.69) is 48.4 Å². The van der Waals surface area contributed by atoms with Crippen LogP contribution in [0.2, 0.25) is 0 Å². The fourth-order valence-corrected chi connectivity index (χ4v) is 4.06. The Hall–Kier alpha value is -1.86. The molecule has 0 aliphatic carbocycles. The lowest BCUT2D eigenvalue weighted by atomic mass is 10.0. The van der Waals surface area contributed by atoms with Crippen LogP contribution in [0.5, 0.6) is 0 Å². The highest BCUT2D eigenvalue weighted by Gasteiger charge is 2.10. The number of nitrogens with one attached hydrogen (secondary N) is 1. The van der Waals surface area contributed by atoms with Crippen molar-refractivity contribution < 1.29 is 14.3 Å². The molecule has 146 valence electrons. The lowest BCUT2D eigenvalue weighted by molar-refractivity contribution is -0.142. The van der Waals surface area contributed by atoms with Crippen molar-refractivity contribution in [2.24, 2.45) is 0 Å². The van der Waals surface area contributed by atoms with Gasteiger partial charge in [-0.25, -0.2) is 4.98 Å². The van der Waals surface area contributed by atoms with Gasteiger partial charge < -0.3 is 10.1 Å². The Morgan fingerprint density at radius 3 is 2.67 bits per heavy atom. The van der Waals surface area contributed by atoms with Crippen molar-refractivity contribution in [2.45, 2.75) is 43.9 Å². The Morgan fingerprint density at radius 1 is 1.26 bits per heavy atom. The summed E-state index contributed by atoms with van der Waals surface area (Å²) in [6, 6.07) is 8.54. The molecule has 1 amide bonds. The number of carbonyl (C=O) groups excluding carboxylic acids is 2. The maximum absolute atomic E-state index is 12.0. The van der Waals surface area contributed by atoms with Gasteiger partial charge in [0.15, 0.2) is 4.34 Å². The first-order valence-corrected chi connectivity index (χ1v) is 10.9. The molecule has 0 bridgehead atoms. The van der Waals surface area contributed by atoms with Crippen molar-refractivity contribution in [3.63, 3.8) is 0 Å². The van der Waals surface area contributed by atoms with Gasteiger partial charge in [0.25, 0.3) is 0 Å². The monoisotopic (exact) mass is 406 g/mol. The van der Waals surface area contributed by atoms with Gasteiger partial charge in [0.2, 0.25) is 5.91 Å². The number of carbonyl (C=O) groups is 2. The maximum Gasteiger partial charge on any atom is 0.311 e. The van der Waals surface area contributed by atoms with Crippen LogP contribution in [-0.4, -0.2) is 35.8 Å². The van der Waals surface area contributed by atoms with Crippen molar-refractivity contribution >= 4 is 35.0 Å². The van der Waals surface area contributed by atoms with E-state index in [4.69, 9.17) is 4.74 Å². The predicted octanol–water partition coefficient (Wildman–Crippen LogP) is 3.82. The Bertz CT molecular complexity index is 742. The van der Waals surface area contributed by atoms with E-state index in [0.717, 1.165) is 10.8 Å². The van der Waals surface area contributed by atoms with Gasteiger partial charge in [-0.15, -0.1) is 11.3 Å². The van der Waals surface area contributed by atoms with E-state index >= 15 is 0 Å². The predicted molar refractivity (Wildman–Crippen MR) is 110 cm³/mol. The Morgan fingerprint density at radius 2 is 2.00 bits per heavy atom. The number of benzene rings is 1. The summed E-state index contributed by atoms with van der Waals surface area (Å²) in [7, 11) is 0. The van der Waals surface area contributed by atoms with E-state index in [-0.39, 0.29) is 18.3 Å². The average molecular weight is 407 g/mol. The van der Waals surface area contributed by atoms with Gasteiger partial charge >= 0.3 is 5.97 Å². The third kappa shape index (κ3) is 7.72. The minimum atomic E-state index is -0.279. The van der Waals surface area contributed by atoms with Gasteiger partial charge in [-0.05, 0) is 30.4 Å². The molecule has 27 heavy (non-hydrogen) atoms. The summed E-state index contributed by atoms with van der Waals surface area (Å²) in [5.74, 6) is 0.553. The summed E-state index contributed by atoms with van der Waals surface area (Å²) in [6.07, 6.45) is 0.989. The number of hydrogen-bond donors (Lipinski definition) is 1. The highest BCUT2D eigenvalue weighted by molar-refractivity contribution is 8.01. The molecule has 1 aromatic carbocycles. The third-order valence-electron chi connectivity index (χ3n) is 3.87. The summed E-state index contributed by atoms with van der Waals surface area (Å²) < 4.78 is 5.69. The van der Waals surface area contributed by atoms with Crippen molar-refractivity contribution in [2.75, 3.05) is 18.9 Å². The van der Waals surface area contributed by atoms with E-state index < -0.39 is 0 Å². The fourth-order valence-electron chi connectivity index (χ4n) is 2.39. The molecular weight excluding hydrogens is 380 g/mol. The van der Waals surface area contributed by atoms with E-state index in [1.165, 1.54) is 34.2 Å². The largest absolute Gasteiger partial charge is 0.466 e. The molecule has 1 aromatic heterocycles. The topological polar surface area (TPSA) is 68.3 Å². The first kappa shape index (κ1) is 21.4. The van der Waals surface area contributed by atoms with E-state index in [1.807, 2.05) is 5.38 Å². The first-order chi connectivity index (χ1) is 13.0. The zero-order chi connectivity index (χ0) is 19.6. The Kier molecular flexibility index (Phi) is 8.81. The van der Waals surface area contributed by atoms with Crippen LogP contribution in [0.4, 0.5) is 0 Å². The van der Waals surface area contributed by atoms with Crippen LogP contribution in [0.15, 0.2) is 34.0 Å². The van der Waals surface area contributed by atoms with Gasteiger partial charge in [-0.1, -0.05) is 49.9 Å². The van der Waals surface area contributed by atoms with Crippen molar-refractivity contribution in [1.29, 1.82) is 0 Å². The Labute approximate surface area is 168 Å². The highest BCUT2D eigenvalue weighted by Crippen LogP contribution is 2.22. The molecule has 2 rings (SSSR count). The number of esters is 1. The zero-order valence-corrected chi connectivity index (χ0v) is 17.6. The second kappa shape index (κ2) is 11.1. The van der Waals surface area contributed by atoms with Gasteiger partial charge in [-0.3, -0.25) is 9.59 Å². The molecule has 0 atom stereocenters. The molecule has 0 saturated carbocycles. The van der Waals surface area contributed by atoms with Crippen molar-refractivity contribution in [3.05, 3.63) is 46.5 Å². The van der Waals surface area contributed by atoms with Crippen LogP contribution in [0, 0.1) is 0 Å². The van der Waals surface area contributed by atoms with Gasteiger partial charge in [0.1, 0.15) is 0 Å². The van der Waals surface area contributed by atoms with E-state index in [0.29, 0.717) is 30.5 Å². The second-order valence-corrected chi connectivity index (χ2v) is 8.45. The number of thioether (sulfide) groups is 1. The fraction of sp³-hybridized carbons (Fsp3) is 0.450. The normalized spacial score (nSPS) is 10.8. The number of thiazole rings is 1. The number of rotatable bonds is 10. The molecule has 0 aliphatic heterocycles. The van der Waals surface area contributed by atoms with Gasteiger partial charge in [0.05, 0.1) is 24.5 Å². The highest BCUT2D eigenvalue weighted by atomic mass is 32.2. The lowest BCUT2D eigenvalue weighted by Gasteiger charge is -2.08. The molecule has 0 spiro atoms. The third-order valence-corrected chi connectivity index (χ3v) is 5.94. The van der Waals surface area contributed by atoms with E-state index in [9.17, 15) is 9.59 Å². The van der Waals surface area contributed by atoms with Crippen LogP contribution >= 0.6 is 23.1 Å². The quantitative estimate of drug-likeness (QED) is 0.480. The molecule has 0 fully saturated rings. The number of ether oxygens (including phenoxy) is 1. The Balaban J connectivity index is 1.67. The molecular formula is C20H26N2O3S2. The second-order valence-electron chi connectivity index (χ2n) is 6.37. The van der Waals surface area contributed by atoms with Gasteiger partial charge in [0, 0.05) is 11.9 Å². The minimum absolute atomic E-state index is 0.0130. The molecule has 0 saturated heterocycles. The number of amides is 1. The number of aromatic nitrogens is 1. The summed E-state index contributed by atoms with van der Waals surface area (Å²) in [4.78, 5) is 27.8. The summed E-state index contributed by atoms with van der Waals surface area (Å²) >= 11 is 2.82. The first-order valence-electron chi connectivity index (χ1n) is 9.06. The molecule has 7 heteroatoms. The van der Waals surface area contributed by atoms with Crippen LogP contribution in [0.3, 0.4) is 0 Å². The average Bonchev–Trinajstić information content (AvgIpc) is 3.08. The number of nitrogens with zero attached hydrogens (tertiary/aromatic N) is 1. The SMILES string of the molecule is CCOC(=O)Cc1csc(SCC(=O)NCCc2ccc(C(C)C)cc2)n1. The molecule has 0 radical (unpaired) electrons. The minimum Gasteiger partial charge on any atom is -0.466 e. The summed E-state index contributed by atoms with van der Waals surface area (Å²) in [5, 5.41) is 4.77. The van der Waals surface area contributed by atoms with Crippen molar-refractivity contribution in [1.82, 2.24) is 10.3 Å².